The molecule has 3 heterocycles. The van der Waals surface area contributed by atoms with Gasteiger partial charge in [0.2, 0.25) is 5.91 Å². The average molecular weight is 441 g/mol. The zero-order valence-corrected chi connectivity index (χ0v) is 19.1. The number of nitrogens with zero attached hydrogens (tertiary/aromatic N) is 3. The number of nitrogens with one attached hydrogen (secondary N) is 1. The lowest BCUT2D eigenvalue weighted by molar-refractivity contribution is -0.116. The van der Waals surface area contributed by atoms with Crippen molar-refractivity contribution < 1.29 is 9.59 Å². The second-order valence-corrected chi connectivity index (χ2v) is 9.25. The average Bonchev–Trinajstić information content (AvgIpc) is 3.28. The maximum atomic E-state index is 13.0. The van der Waals surface area contributed by atoms with Gasteiger partial charge in [-0.3, -0.25) is 14.6 Å². The Bertz CT molecular complexity index is 975. The molecule has 0 aliphatic carbocycles. The van der Waals surface area contributed by atoms with Crippen molar-refractivity contribution in [3.63, 3.8) is 0 Å². The molecule has 2 aliphatic heterocycles. The molecule has 6 nitrogen and oxygen atoms in total. The predicted octanol–water partition coefficient (Wildman–Crippen LogP) is 3.69. The molecule has 0 saturated carbocycles. The van der Waals surface area contributed by atoms with Crippen LogP contribution in [0, 0.1) is 32.6 Å². The lowest BCUT2D eigenvalue weighted by atomic mass is 10.0. The van der Waals surface area contributed by atoms with E-state index in [0.717, 1.165) is 60.8 Å². The Morgan fingerprint density at radius 1 is 1.06 bits per heavy atom. The highest BCUT2D eigenvalue weighted by Crippen LogP contribution is 2.32. The standard InChI is InChI=1S/C24H29ClN4O2/c1-15-4-5-20(10-21(15)25)27-22(30)7-9-28-11-18-13-29(14-19(18)12-28)24(31)23-16(2)6-8-26-17(23)3/h4-6,8,10,18-19H,7,9,11-14H2,1-3H3,(H,27,30). The van der Waals surface area contributed by atoms with Gasteiger partial charge >= 0.3 is 0 Å². The normalized spacial score (nSPS) is 20.7. The number of hydrogen-bond donors (Lipinski definition) is 1. The van der Waals surface area contributed by atoms with Gasteiger partial charge in [0.1, 0.15) is 0 Å². The maximum absolute atomic E-state index is 13.0. The molecule has 1 aromatic carbocycles. The van der Waals surface area contributed by atoms with Gasteiger partial charge in [0.25, 0.3) is 5.91 Å². The number of aromatic nitrogens is 1. The first-order valence-corrected chi connectivity index (χ1v) is 11.2. The van der Waals surface area contributed by atoms with Gasteiger partial charge in [0, 0.05) is 56.1 Å². The second-order valence-electron chi connectivity index (χ2n) is 8.84. The number of benzene rings is 1. The number of likely N-dealkylation sites (tertiary alicyclic amines) is 2. The Labute approximate surface area is 188 Å². The van der Waals surface area contributed by atoms with Crippen molar-refractivity contribution in [2.75, 3.05) is 38.0 Å². The third-order valence-electron chi connectivity index (χ3n) is 6.52. The second kappa shape index (κ2) is 8.97. The van der Waals surface area contributed by atoms with Crippen molar-refractivity contribution in [1.82, 2.24) is 14.8 Å². The molecular weight excluding hydrogens is 412 g/mol. The van der Waals surface area contributed by atoms with Crippen LogP contribution in [0.25, 0.3) is 0 Å². The van der Waals surface area contributed by atoms with E-state index >= 15 is 0 Å². The van der Waals surface area contributed by atoms with E-state index in [-0.39, 0.29) is 11.8 Å². The lowest BCUT2D eigenvalue weighted by Crippen LogP contribution is -2.35. The minimum absolute atomic E-state index is 0.00342. The fraction of sp³-hybridized carbons (Fsp3) is 0.458. The first-order valence-electron chi connectivity index (χ1n) is 10.8. The molecule has 0 radical (unpaired) electrons. The van der Waals surface area contributed by atoms with Gasteiger partial charge < -0.3 is 15.1 Å². The van der Waals surface area contributed by atoms with E-state index in [2.05, 4.69) is 15.2 Å². The highest BCUT2D eigenvalue weighted by Gasteiger charge is 2.42. The molecular formula is C24H29ClN4O2. The third kappa shape index (κ3) is 4.75. The summed E-state index contributed by atoms with van der Waals surface area (Å²) in [6.45, 7) is 9.96. The van der Waals surface area contributed by atoms with Crippen LogP contribution in [0.5, 0.6) is 0 Å². The number of pyridine rings is 1. The minimum Gasteiger partial charge on any atom is -0.338 e. The highest BCUT2D eigenvalue weighted by atomic mass is 35.5. The van der Waals surface area contributed by atoms with Crippen LogP contribution in [0.1, 0.15) is 33.6 Å². The van der Waals surface area contributed by atoms with Gasteiger partial charge in [-0.1, -0.05) is 17.7 Å². The molecule has 2 atom stereocenters. The Morgan fingerprint density at radius 3 is 2.42 bits per heavy atom. The summed E-state index contributed by atoms with van der Waals surface area (Å²) in [5.74, 6) is 1.04. The van der Waals surface area contributed by atoms with E-state index in [1.54, 1.807) is 12.3 Å². The number of fused-ring (bicyclic) bond motifs is 1. The zero-order valence-electron chi connectivity index (χ0n) is 18.3. The van der Waals surface area contributed by atoms with Gasteiger partial charge in [0.15, 0.2) is 0 Å². The summed E-state index contributed by atoms with van der Waals surface area (Å²) in [4.78, 5) is 34.0. The lowest BCUT2D eigenvalue weighted by Gasteiger charge is -2.22. The molecule has 4 rings (SSSR count). The van der Waals surface area contributed by atoms with E-state index in [1.807, 2.05) is 43.9 Å². The van der Waals surface area contributed by atoms with E-state index < -0.39 is 0 Å². The van der Waals surface area contributed by atoms with Crippen LogP contribution in [-0.2, 0) is 4.79 Å². The number of hydrogen-bond acceptors (Lipinski definition) is 4. The largest absolute Gasteiger partial charge is 0.338 e. The Balaban J connectivity index is 1.26. The van der Waals surface area contributed by atoms with Crippen molar-refractivity contribution in [2.24, 2.45) is 11.8 Å². The van der Waals surface area contributed by atoms with E-state index in [9.17, 15) is 9.59 Å². The number of rotatable bonds is 5. The van der Waals surface area contributed by atoms with Crippen LogP contribution in [-0.4, -0.2) is 59.3 Å². The minimum atomic E-state index is -0.00342. The molecule has 2 fully saturated rings. The van der Waals surface area contributed by atoms with E-state index in [1.165, 1.54) is 0 Å². The quantitative estimate of drug-likeness (QED) is 0.770. The number of aryl methyl sites for hydroxylation is 3. The highest BCUT2D eigenvalue weighted by molar-refractivity contribution is 6.31. The van der Waals surface area contributed by atoms with E-state index in [0.29, 0.717) is 23.3 Å². The van der Waals surface area contributed by atoms with Crippen molar-refractivity contribution in [1.29, 1.82) is 0 Å². The summed E-state index contributed by atoms with van der Waals surface area (Å²) >= 11 is 6.13. The zero-order chi connectivity index (χ0) is 22.1. The summed E-state index contributed by atoms with van der Waals surface area (Å²) in [5.41, 5.74) is 4.24. The van der Waals surface area contributed by atoms with E-state index in [4.69, 9.17) is 11.6 Å². The fourth-order valence-corrected chi connectivity index (χ4v) is 4.95. The SMILES string of the molecule is Cc1ccc(NC(=O)CCN2CC3CN(C(=O)c4c(C)ccnc4C)CC3C2)cc1Cl. The van der Waals surface area contributed by atoms with Gasteiger partial charge in [-0.05, 0) is 61.9 Å². The summed E-state index contributed by atoms with van der Waals surface area (Å²) in [7, 11) is 0. The van der Waals surface area contributed by atoms with Crippen LogP contribution in [0.4, 0.5) is 5.69 Å². The molecule has 2 saturated heterocycles. The van der Waals surface area contributed by atoms with Crippen LogP contribution in [0.2, 0.25) is 5.02 Å². The number of anilines is 1. The molecule has 2 aliphatic rings. The van der Waals surface area contributed by atoms with Crippen LogP contribution >= 0.6 is 11.6 Å². The van der Waals surface area contributed by atoms with Crippen LogP contribution < -0.4 is 5.32 Å². The Kier molecular flexibility index (Phi) is 6.30. The number of amides is 2. The molecule has 7 heteroatoms. The fourth-order valence-electron chi connectivity index (χ4n) is 4.77. The van der Waals surface area contributed by atoms with Gasteiger partial charge in [-0.2, -0.15) is 0 Å². The summed E-state index contributed by atoms with van der Waals surface area (Å²) in [6, 6.07) is 7.46. The van der Waals surface area contributed by atoms with Crippen molar-refractivity contribution in [3.8, 4) is 0 Å². The molecule has 0 bridgehead atoms. The first kappa shape index (κ1) is 21.8. The van der Waals surface area contributed by atoms with Crippen molar-refractivity contribution in [2.45, 2.75) is 27.2 Å². The van der Waals surface area contributed by atoms with Crippen molar-refractivity contribution >= 4 is 29.1 Å². The molecule has 164 valence electrons. The van der Waals surface area contributed by atoms with Crippen molar-refractivity contribution in [3.05, 3.63) is 57.9 Å². The van der Waals surface area contributed by atoms with Crippen LogP contribution in [0.15, 0.2) is 30.5 Å². The Hall–Kier alpha value is -2.44. The number of carbonyl (C=O) groups excluding carboxylic acids is 2. The maximum Gasteiger partial charge on any atom is 0.255 e. The predicted molar refractivity (Wildman–Crippen MR) is 122 cm³/mol. The molecule has 1 N–H and O–H groups in total. The molecule has 2 amide bonds. The van der Waals surface area contributed by atoms with Crippen LogP contribution in [0.3, 0.4) is 0 Å². The summed E-state index contributed by atoms with van der Waals surface area (Å²) < 4.78 is 0. The third-order valence-corrected chi connectivity index (χ3v) is 6.93. The monoisotopic (exact) mass is 440 g/mol. The molecule has 2 aromatic rings. The summed E-state index contributed by atoms with van der Waals surface area (Å²) in [6.07, 6.45) is 2.20. The Morgan fingerprint density at radius 2 is 1.77 bits per heavy atom. The summed E-state index contributed by atoms with van der Waals surface area (Å²) in [5, 5.41) is 3.58. The number of halogens is 1. The smallest absolute Gasteiger partial charge is 0.255 e. The topological polar surface area (TPSA) is 65.5 Å². The molecule has 2 unspecified atom stereocenters. The molecule has 31 heavy (non-hydrogen) atoms. The van der Waals surface area contributed by atoms with Gasteiger partial charge in [0.05, 0.1) is 11.3 Å². The van der Waals surface area contributed by atoms with Gasteiger partial charge in [-0.25, -0.2) is 0 Å². The van der Waals surface area contributed by atoms with Gasteiger partial charge in [-0.15, -0.1) is 0 Å². The molecule has 0 spiro atoms. The molecule has 1 aromatic heterocycles. The first-order chi connectivity index (χ1) is 14.8. The number of carbonyl (C=O) groups is 2.